The molecular formula is C23H31N3O2. The first-order valence-electron chi connectivity index (χ1n) is 10.1. The summed E-state index contributed by atoms with van der Waals surface area (Å²) in [7, 11) is 0. The van der Waals surface area contributed by atoms with E-state index in [1.165, 1.54) is 11.1 Å². The van der Waals surface area contributed by atoms with Gasteiger partial charge in [0, 0.05) is 13.1 Å². The largest absolute Gasteiger partial charge is 0.354 e. The van der Waals surface area contributed by atoms with Gasteiger partial charge in [-0.3, -0.25) is 9.59 Å². The Morgan fingerprint density at radius 3 is 1.46 bits per heavy atom. The lowest BCUT2D eigenvalue weighted by molar-refractivity contribution is -0.131. The molecule has 0 fully saturated rings. The first kappa shape index (κ1) is 21.6. The van der Waals surface area contributed by atoms with E-state index in [1.54, 1.807) is 0 Å². The van der Waals surface area contributed by atoms with Crippen LogP contribution in [0.2, 0.25) is 0 Å². The highest BCUT2D eigenvalue weighted by Crippen LogP contribution is 2.04. The van der Waals surface area contributed by atoms with Crippen molar-refractivity contribution in [2.45, 2.75) is 44.6 Å². The minimum Gasteiger partial charge on any atom is -0.354 e. The molecule has 0 saturated heterocycles. The van der Waals surface area contributed by atoms with Crippen molar-refractivity contribution in [1.29, 1.82) is 0 Å². The van der Waals surface area contributed by atoms with Crippen LogP contribution in [0.15, 0.2) is 60.7 Å². The summed E-state index contributed by atoms with van der Waals surface area (Å²) in [5, 5.41) is 5.50. The molecule has 0 aliphatic rings. The predicted molar refractivity (Wildman–Crippen MR) is 113 cm³/mol. The van der Waals surface area contributed by atoms with E-state index in [2.05, 4.69) is 34.9 Å². The van der Waals surface area contributed by atoms with Crippen LogP contribution in [-0.2, 0) is 22.4 Å². The molecule has 0 bridgehead atoms. The number of benzene rings is 2. The fourth-order valence-electron chi connectivity index (χ4n) is 2.96. The SMILES string of the molecule is NC(C(=O)NCCCCc1ccccc1)C(=O)NCCCCc1ccccc1. The number of unbranched alkanes of at least 4 members (excludes halogenated alkanes) is 2. The molecular weight excluding hydrogens is 350 g/mol. The normalized spacial score (nSPS) is 10.6. The van der Waals surface area contributed by atoms with Crippen LogP contribution in [0.25, 0.3) is 0 Å². The number of rotatable bonds is 12. The molecule has 0 aliphatic carbocycles. The molecule has 0 aromatic heterocycles. The second kappa shape index (κ2) is 12.7. The summed E-state index contributed by atoms with van der Waals surface area (Å²) < 4.78 is 0. The molecule has 0 unspecified atom stereocenters. The van der Waals surface area contributed by atoms with Crippen LogP contribution < -0.4 is 16.4 Å². The van der Waals surface area contributed by atoms with Crippen molar-refractivity contribution >= 4 is 11.8 Å². The third kappa shape index (κ3) is 8.35. The lowest BCUT2D eigenvalue weighted by Gasteiger charge is -2.12. The highest BCUT2D eigenvalue weighted by Gasteiger charge is 2.20. The molecule has 2 rings (SSSR count). The fourth-order valence-corrected chi connectivity index (χ4v) is 2.96. The smallest absolute Gasteiger partial charge is 0.246 e. The highest BCUT2D eigenvalue weighted by atomic mass is 16.2. The van der Waals surface area contributed by atoms with Gasteiger partial charge in [-0.2, -0.15) is 0 Å². The van der Waals surface area contributed by atoms with Crippen LogP contribution in [0.1, 0.15) is 36.8 Å². The summed E-state index contributed by atoms with van der Waals surface area (Å²) in [6, 6.07) is 19.3. The van der Waals surface area contributed by atoms with E-state index < -0.39 is 17.9 Å². The third-order valence-electron chi connectivity index (χ3n) is 4.63. The zero-order valence-electron chi connectivity index (χ0n) is 16.4. The number of nitrogens with two attached hydrogens (primary N) is 1. The lowest BCUT2D eigenvalue weighted by atomic mass is 10.1. The Balaban J connectivity index is 1.51. The van der Waals surface area contributed by atoms with Crippen LogP contribution >= 0.6 is 0 Å². The zero-order chi connectivity index (χ0) is 20.0. The molecule has 0 atom stereocenters. The van der Waals surface area contributed by atoms with E-state index in [0.717, 1.165) is 38.5 Å². The Kier molecular flexibility index (Phi) is 9.80. The summed E-state index contributed by atoms with van der Waals surface area (Å²) >= 11 is 0. The first-order valence-corrected chi connectivity index (χ1v) is 10.1. The Labute approximate surface area is 167 Å². The molecule has 2 amide bonds. The average Bonchev–Trinajstić information content (AvgIpc) is 2.74. The molecule has 0 spiro atoms. The van der Waals surface area contributed by atoms with Gasteiger partial charge in [0.25, 0.3) is 0 Å². The number of carbonyl (C=O) groups excluding carboxylic acids is 2. The molecule has 28 heavy (non-hydrogen) atoms. The van der Waals surface area contributed by atoms with Crippen LogP contribution in [-0.4, -0.2) is 30.9 Å². The van der Waals surface area contributed by atoms with E-state index in [4.69, 9.17) is 5.73 Å². The predicted octanol–water partition coefficient (Wildman–Crippen LogP) is 2.59. The quantitative estimate of drug-likeness (QED) is 0.390. The minimum absolute atomic E-state index is 0.415. The molecule has 0 radical (unpaired) electrons. The minimum atomic E-state index is -1.15. The van der Waals surface area contributed by atoms with Crippen molar-refractivity contribution in [3.63, 3.8) is 0 Å². The maximum atomic E-state index is 12.0. The van der Waals surface area contributed by atoms with Gasteiger partial charge < -0.3 is 16.4 Å². The first-order chi connectivity index (χ1) is 13.7. The van der Waals surface area contributed by atoms with Crippen LogP contribution in [0.3, 0.4) is 0 Å². The van der Waals surface area contributed by atoms with Gasteiger partial charge in [0.1, 0.15) is 0 Å². The Morgan fingerprint density at radius 1 is 0.679 bits per heavy atom. The Hall–Kier alpha value is -2.66. The fraction of sp³-hybridized carbons (Fsp3) is 0.391. The van der Waals surface area contributed by atoms with Crippen molar-refractivity contribution in [3.8, 4) is 0 Å². The lowest BCUT2D eigenvalue weighted by Crippen LogP contribution is -2.51. The number of hydrogen-bond donors (Lipinski definition) is 3. The number of aryl methyl sites for hydroxylation is 2. The van der Waals surface area contributed by atoms with Gasteiger partial charge in [0.2, 0.25) is 11.8 Å². The number of amides is 2. The monoisotopic (exact) mass is 381 g/mol. The van der Waals surface area contributed by atoms with E-state index >= 15 is 0 Å². The van der Waals surface area contributed by atoms with Crippen LogP contribution in [0.4, 0.5) is 0 Å². The van der Waals surface area contributed by atoms with Crippen molar-refractivity contribution < 1.29 is 9.59 Å². The number of hydrogen-bond acceptors (Lipinski definition) is 3. The van der Waals surface area contributed by atoms with E-state index in [-0.39, 0.29) is 0 Å². The zero-order valence-corrected chi connectivity index (χ0v) is 16.4. The third-order valence-corrected chi connectivity index (χ3v) is 4.63. The highest BCUT2D eigenvalue weighted by molar-refractivity contribution is 6.04. The topological polar surface area (TPSA) is 84.2 Å². The van der Waals surface area contributed by atoms with Gasteiger partial charge in [-0.25, -0.2) is 0 Å². The number of nitrogens with one attached hydrogen (secondary N) is 2. The molecule has 5 heteroatoms. The van der Waals surface area contributed by atoms with Gasteiger partial charge >= 0.3 is 0 Å². The van der Waals surface area contributed by atoms with Crippen molar-refractivity contribution in [2.24, 2.45) is 5.73 Å². The molecule has 5 nitrogen and oxygen atoms in total. The standard InChI is InChI=1S/C23H31N3O2/c24-21(22(27)25-17-9-7-15-19-11-3-1-4-12-19)23(28)26-18-10-8-16-20-13-5-2-6-14-20/h1-6,11-14,21H,7-10,15-18,24H2,(H,25,27)(H,26,28). The maximum absolute atomic E-state index is 12.0. The van der Waals surface area contributed by atoms with E-state index in [1.807, 2.05) is 36.4 Å². The van der Waals surface area contributed by atoms with E-state index in [0.29, 0.717) is 13.1 Å². The summed E-state index contributed by atoms with van der Waals surface area (Å²) in [6.07, 6.45) is 5.63. The van der Waals surface area contributed by atoms with Crippen molar-refractivity contribution in [1.82, 2.24) is 10.6 Å². The van der Waals surface area contributed by atoms with E-state index in [9.17, 15) is 9.59 Å². The van der Waals surface area contributed by atoms with Gasteiger partial charge in [0.05, 0.1) is 0 Å². The summed E-state index contributed by atoms with van der Waals surface area (Å²) in [4.78, 5) is 24.0. The molecule has 2 aromatic rings. The molecule has 150 valence electrons. The van der Waals surface area contributed by atoms with Crippen molar-refractivity contribution in [3.05, 3.63) is 71.8 Å². The summed E-state index contributed by atoms with van der Waals surface area (Å²) in [6.45, 7) is 1.06. The van der Waals surface area contributed by atoms with Crippen LogP contribution in [0, 0.1) is 0 Å². The van der Waals surface area contributed by atoms with Crippen LogP contribution in [0.5, 0.6) is 0 Å². The maximum Gasteiger partial charge on any atom is 0.246 e. The molecule has 0 aliphatic heterocycles. The van der Waals surface area contributed by atoms with Crippen molar-refractivity contribution in [2.75, 3.05) is 13.1 Å². The van der Waals surface area contributed by atoms with Gasteiger partial charge in [0.15, 0.2) is 6.04 Å². The Morgan fingerprint density at radius 2 is 1.07 bits per heavy atom. The second-order valence-electron chi connectivity index (χ2n) is 6.95. The van der Waals surface area contributed by atoms with Gasteiger partial charge in [-0.15, -0.1) is 0 Å². The molecule has 0 heterocycles. The second-order valence-corrected chi connectivity index (χ2v) is 6.95. The number of carbonyl (C=O) groups is 2. The van der Waals surface area contributed by atoms with Gasteiger partial charge in [-0.05, 0) is 49.7 Å². The molecule has 2 aromatic carbocycles. The summed E-state index contributed by atoms with van der Waals surface area (Å²) in [5.41, 5.74) is 8.33. The molecule has 0 saturated carbocycles. The average molecular weight is 382 g/mol. The Bertz CT molecular complexity index is 643. The molecule has 4 N–H and O–H groups in total. The van der Waals surface area contributed by atoms with Gasteiger partial charge in [-0.1, -0.05) is 60.7 Å². The summed E-state index contributed by atoms with van der Waals surface area (Å²) in [5.74, 6) is -0.831.